The molecule has 0 radical (unpaired) electrons. The van der Waals surface area contributed by atoms with Crippen molar-refractivity contribution in [2.24, 2.45) is 0 Å². The van der Waals surface area contributed by atoms with Crippen LogP contribution >= 0.6 is 11.3 Å². The summed E-state index contributed by atoms with van der Waals surface area (Å²) in [5.74, 6) is 0.169. The van der Waals surface area contributed by atoms with E-state index in [1.807, 2.05) is 11.0 Å². The summed E-state index contributed by atoms with van der Waals surface area (Å²) in [5.41, 5.74) is 5.73. The average Bonchev–Trinajstić information content (AvgIpc) is 3.38. The van der Waals surface area contributed by atoms with Crippen molar-refractivity contribution in [3.63, 3.8) is 0 Å². The fraction of sp³-hybridized carbons (Fsp3) is 0.474. The normalized spacial score (nSPS) is 20.0. The number of aromatic amines is 1. The Morgan fingerprint density at radius 2 is 2.15 bits per heavy atom. The summed E-state index contributed by atoms with van der Waals surface area (Å²) in [7, 11) is 0. The second-order valence-corrected chi connectivity index (χ2v) is 8.14. The maximum absolute atomic E-state index is 12.8. The molecule has 0 aromatic carbocycles. The summed E-state index contributed by atoms with van der Waals surface area (Å²) in [6.07, 6.45) is 5.79. The van der Waals surface area contributed by atoms with Gasteiger partial charge >= 0.3 is 0 Å². The first kappa shape index (κ1) is 16.7. The highest BCUT2D eigenvalue weighted by Crippen LogP contribution is 2.28. The number of thiazole rings is 1. The summed E-state index contributed by atoms with van der Waals surface area (Å²) in [5, 5.41) is 5.06. The smallest absolute Gasteiger partial charge is 0.276 e. The van der Waals surface area contributed by atoms with Crippen molar-refractivity contribution in [1.82, 2.24) is 24.5 Å². The van der Waals surface area contributed by atoms with Crippen LogP contribution in [-0.2, 0) is 12.8 Å². The zero-order valence-electron chi connectivity index (χ0n) is 15.0. The number of rotatable bonds is 2. The zero-order valence-corrected chi connectivity index (χ0v) is 15.8. The van der Waals surface area contributed by atoms with Gasteiger partial charge < -0.3 is 4.90 Å². The number of nitrogens with one attached hydrogen (secondary N) is 1. The number of H-pyrrole nitrogens is 1. The van der Waals surface area contributed by atoms with E-state index < -0.39 is 0 Å². The molecular weight excluding hydrogens is 362 g/mol. The second kappa shape index (κ2) is 6.60. The molecule has 1 fully saturated rings. The molecule has 1 aliphatic carbocycles. The van der Waals surface area contributed by atoms with E-state index in [0.29, 0.717) is 17.9 Å². The van der Waals surface area contributed by atoms with E-state index in [1.165, 1.54) is 11.3 Å². The molecule has 1 saturated heterocycles. The molecule has 3 aromatic heterocycles. The summed E-state index contributed by atoms with van der Waals surface area (Å²) in [4.78, 5) is 36.2. The van der Waals surface area contributed by atoms with E-state index in [-0.39, 0.29) is 17.4 Å². The average molecular weight is 383 g/mol. The molecular formula is C19H21N5O2S. The number of amides is 1. The van der Waals surface area contributed by atoms with Crippen LogP contribution < -0.4 is 5.56 Å². The van der Waals surface area contributed by atoms with Gasteiger partial charge in [-0.15, -0.1) is 11.3 Å². The molecule has 8 heteroatoms. The van der Waals surface area contributed by atoms with E-state index in [0.717, 1.165) is 62.0 Å². The second-order valence-electron chi connectivity index (χ2n) is 7.42. The van der Waals surface area contributed by atoms with Gasteiger partial charge in [-0.05, 0) is 38.5 Å². The molecule has 0 spiro atoms. The Labute approximate surface area is 160 Å². The molecule has 2 aliphatic rings. The molecule has 1 unspecified atom stereocenters. The Balaban J connectivity index is 1.45. The molecule has 27 heavy (non-hydrogen) atoms. The Kier molecular flexibility index (Phi) is 4.07. The Bertz CT molecular complexity index is 1050. The number of aryl methyl sites for hydroxylation is 1. The molecule has 1 N–H and O–H groups in total. The van der Waals surface area contributed by atoms with E-state index in [4.69, 9.17) is 4.98 Å². The number of likely N-dealkylation sites (tertiary alicyclic amines) is 1. The standard InChI is InChI=1S/C19H21N5O2S/c25-18-13-5-1-2-6-14(13)21-17-8-15(22-24(17)18)12-4-3-7-23(9-12)19(26)16-10-27-11-20-16/h8,10-12,22H,1-7,9H2. The van der Waals surface area contributed by atoms with E-state index in [9.17, 15) is 9.59 Å². The van der Waals surface area contributed by atoms with Crippen LogP contribution in [0.5, 0.6) is 0 Å². The topological polar surface area (TPSA) is 83.4 Å². The van der Waals surface area contributed by atoms with E-state index >= 15 is 0 Å². The van der Waals surface area contributed by atoms with Crippen LogP contribution in [0.2, 0.25) is 0 Å². The summed E-state index contributed by atoms with van der Waals surface area (Å²) in [6.45, 7) is 1.39. The molecule has 5 rings (SSSR count). The third kappa shape index (κ3) is 2.88. The van der Waals surface area contributed by atoms with Gasteiger partial charge in [0.25, 0.3) is 11.5 Å². The first-order chi connectivity index (χ1) is 13.2. The van der Waals surface area contributed by atoms with Crippen molar-refractivity contribution in [2.45, 2.75) is 44.4 Å². The number of hydrogen-bond donors (Lipinski definition) is 1. The number of fused-ring (bicyclic) bond motifs is 2. The first-order valence-corrected chi connectivity index (χ1v) is 10.5. The third-order valence-corrected chi connectivity index (χ3v) is 6.29. The van der Waals surface area contributed by atoms with Crippen LogP contribution in [0.3, 0.4) is 0 Å². The quantitative estimate of drug-likeness (QED) is 0.736. The van der Waals surface area contributed by atoms with Crippen molar-refractivity contribution in [1.29, 1.82) is 0 Å². The molecule has 3 aromatic rings. The number of piperidine rings is 1. The molecule has 1 amide bonds. The van der Waals surface area contributed by atoms with Gasteiger partial charge in [0.15, 0.2) is 5.65 Å². The van der Waals surface area contributed by atoms with Crippen LogP contribution in [0.1, 0.15) is 59.0 Å². The van der Waals surface area contributed by atoms with Gasteiger partial charge in [-0.1, -0.05) is 0 Å². The minimum atomic E-state index is -0.0113. The van der Waals surface area contributed by atoms with Gasteiger partial charge in [0.1, 0.15) is 5.69 Å². The third-order valence-electron chi connectivity index (χ3n) is 5.70. The van der Waals surface area contributed by atoms with Crippen molar-refractivity contribution < 1.29 is 4.79 Å². The van der Waals surface area contributed by atoms with Crippen molar-refractivity contribution in [2.75, 3.05) is 13.1 Å². The van der Waals surface area contributed by atoms with Crippen molar-refractivity contribution >= 4 is 22.9 Å². The predicted molar refractivity (Wildman–Crippen MR) is 102 cm³/mol. The van der Waals surface area contributed by atoms with Gasteiger partial charge in [0.2, 0.25) is 0 Å². The van der Waals surface area contributed by atoms with Gasteiger partial charge in [-0.2, -0.15) is 0 Å². The number of nitrogens with zero attached hydrogens (tertiary/aromatic N) is 4. The SMILES string of the molecule is O=C(c1cscn1)N1CCCC(c2cc3nc4c(c(=O)n3[nH]2)CCCC4)C1. The summed E-state index contributed by atoms with van der Waals surface area (Å²) in [6, 6.07) is 1.98. The largest absolute Gasteiger partial charge is 0.337 e. The highest BCUT2D eigenvalue weighted by atomic mass is 32.1. The number of carbonyl (C=O) groups is 1. The van der Waals surface area contributed by atoms with Crippen molar-refractivity contribution in [3.05, 3.63) is 50.0 Å². The van der Waals surface area contributed by atoms with Crippen LogP contribution in [0, 0.1) is 0 Å². The molecule has 0 saturated carbocycles. The van der Waals surface area contributed by atoms with Gasteiger partial charge in [0, 0.05) is 41.7 Å². The van der Waals surface area contributed by atoms with Crippen LogP contribution in [0.25, 0.3) is 5.65 Å². The lowest BCUT2D eigenvalue weighted by atomic mass is 9.94. The lowest BCUT2D eigenvalue weighted by molar-refractivity contribution is 0.0700. The maximum atomic E-state index is 12.8. The lowest BCUT2D eigenvalue weighted by Crippen LogP contribution is -2.39. The Morgan fingerprint density at radius 1 is 1.26 bits per heavy atom. The zero-order chi connectivity index (χ0) is 18.4. The highest BCUT2D eigenvalue weighted by Gasteiger charge is 2.28. The fourth-order valence-electron chi connectivity index (χ4n) is 4.28. The molecule has 140 valence electrons. The lowest BCUT2D eigenvalue weighted by Gasteiger charge is -2.31. The first-order valence-electron chi connectivity index (χ1n) is 9.51. The maximum Gasteiger partial charge on any atom is 0.276 e. The highest BCUT2D eigenvalue weighted by molar-refractivity contribution is 7.07. The van der Waals surface area contributed by atoms with Crippen molar-refractivity contribution in [3.8, 4) is 0 Å². The predicted octanol–water partition coefficient (Wildman–Crippen LogP) is 2.38. The Morgan fingerprint density at radius 3 is 3.00 bits per heavy atom. The molecule has 7 nitrogen and oxygen atoms in total. The van der Waals surface area contributed by atoms with Crippen LogP contribution in [0.15, 0.2) is 21.8 Å². The monoisotopic (exact) mass is 383 g/mol. The number of carbonyl (C=O) groups excluding carboxylic acids is 1. The number of aromatic nitrogens is 4. The van der Waals surface area contributed by atoms with Crippen LogP contribution in [-0.4, -0.2) is 43.5 Å². The van der Waals surface area contributed by atoms with Gasteiger partial charge in [-0.25, -0.2) is 14.5 Å². The molecule has 4 heterocycles. The molecule has 1 aliphatic heterocycles. The minimum Gasteiger partial charge on any atom is -0.337 e. The van der Waals surface area contributed by atoms with E-state index in [2.05, 4.69) is 10.1 Å². The minimum absolute atomic E-state index is 0.0113. The van der Waals surface area contributed by atoms with Gasteiger partial charge in [-0.3, -0.25) is 14.7 Å². The van der Waals surface area contributed by atoms with Gasteiger partial charge in [0.05, 0.1) is 11.2 Å². The van der Waals surface area contributed by atoms with Crippen LogP contribution in [0.4, 0.5) is 0 Å². The summed E-state index contributed by atoms with van der Waals surface area (Å²) < 4.78 is 1.58. The molecule has 0 bridgehead atoms. The Hall–Kier alpha value is -2.48. The molecule has 1 atom stereocenters. The fourth-order valence-corrected chi connectivity index (χ4v) is 4.81. The van der Waals surface area contributed by atoms with E-state index in [1.54, 1.807) is 15.4 Å². The number of hydrogen-bond acceptors (Lipinski definition) is 5. The summed E-state index contributed by atoms with van der Waals surface area (Å²) >= 11 is 1.43.